The Morgan fingerprint density at radius 3 is 2.67 bits per heavy atom. The van der Waals surface area contributed by atoms with E-state index < -0.39 is 25.1 Å². The van der Waals surface area contributed by atoms with Crippen LogP contribution in [0.3, 0.4) is 0 Å². The number of alkyl halides is 2. The largest absolute Gasteiger partial charge is 0.492 e. The highest BCUT2D eigenvalue weighted by atomic mass is 32.2. The molecule has 1 saturated heterocycles. The van der Waals surface area contributed by atoms with E-state index in [9.17, 15) is 23.9 Å². The highest BCUT2D eigenvalue weighted by Gasteiger charge is 2.38. The highest BCUT2D eigenvalue weighted by Crippen LogP contribution is 2.41. The summed E-state index contributed by atoms with van der Waals surface area (Å²) in [5.41, 5.74) is 0.640. The van der Waals surface area contributed by atoms with Crippen LogP contribution in [0.1, 0.15) is 16.2 Å². The molecule has 33 heavy (non-hydrogen) atoms. The molecule has 1 heterocycles. The Bertz CT molecular complexity index is 856. The first kappa shape index (κ1) is 26.7. The van der Waals surface area contributed by atoms with Gasteiger partial charge in [0.05, 0.1) is 16.8 Å². The zero-order chi connectivity index (χ0) is 24.4. The molecule has 1 aliphatic heterocycles. The molecule has 1 amide bonds. The summed E-state index contributed by atoms with van der Waals surface area (Å²) in [5, 5.41) is 25.5. The van der Waals surface area contributed by atoms with Crippen LogP contribution in [0.4, 0.5) is 14.5 Å². The number of anilines is 1. The number of likely N-dealkylation sites (N-methyl/N-ethyl adjacent to an activating group) is 1. The maximum Gasteiger partial charge on any atom is 0.264 e. The summed E-state index contributed by atoms with van der Waals surface area (Å²) in [6, 6.07) is 9.39. The zero-order valence-corrected chi connectivity index (χ0v) is 19.9. The third-order valence-electron chi connectivity index (χ3n) is 4.91. The number of aliphatic hydroxyl groups excluding tert-OH is 1. The lowest BCUT2D eigenvalue weighted by Gasteiger charge is -2.23. The van der Waals surface area contributed by atoms with Crippen LogP contribution in [0.2, 0.25) is 0 Å². The van der Waals surface area contributed by atoms with Crippen LogP contribution in [-0.4, -0.2) is 85.6 Å². The number of carbonyl (C=O) groups excluding carboxylic acids is 1. The zero-order valence-electron chi connectivity index (χ0n) is 19.1. The Labute approximate surface area is 200 Å². The molecule has 0 saturated carbocycles. The van der Waals surface area contributed by atoms with Gasteiger partial charge >= 0.3 is 0 Å². The molecule has 1 aromatic carbocycles. The Morgan fingerprint density at radius 2 is 2.09 bits per heavy atom. The van der Waals surface area contributed by atoms with Crippen molar-refractivity contribution in [3.05, 3.63) is 34.9 Å². The van der Waals surface area contributed by atoms with Gasteiger partial charge in [-0.05, 0) is 51.7 Å². The molecular weight excluding hydrogens is 452 g/mol. The minimum absolute atomic E-state index is 0. The van der Waals surface area contributed by atoms with Crippen LogP contribution < -0.4 is 15.4 Å². The Morgan fingerprint density at radius 1 is 1.39 bits per heavy atom. The van der Waals surface area contributed by atoms with Crippen molar-refractivity contribution in [1.82, 2.24) is 15.1 Å². The molecule has 1 fully saturated rings. The lowest BCUT2D eigenvalue weighted by atomic mass is 10.2. The smallest absolute Gasteiger partial charge is 0.264 e. The second-order valence-electron chi connectivity index (χ2n) is 7.64. The van der Waals surface area contributed by atoms with Gasteiger partial charge in [0.25, 0.3) is 12.3 Å². The topological polar surface area (TPSA) is 101 Å². The van der Waals surface area contributed by atoms with E-state index in [-0.39, 0.29) is 13.7 Å². The van der Waals surface area contributed by atoms with Crippen molar-refractivity contribution in [2.24, 2.45) is 0 Å². The van der Waals surface area contributed by atoms with Gasteiger partial charge in [-0.3, -0.25) is 4.79 Å². The standard InChI is InChI=1S/C22H31F2N5O3S.2H2/c1-4-29-21(31)18(33-22(29)17(13-25)20(30)27-14-19(23)24)9-10-26-15-5-7-16(8-6-15)32-12-11-28(2)3;;/h5-8,18-19,21,26,31H,4,9-12,14H2,1-3H3,(H,27,30);2*1H/b22-17-;;. The van der Waals surface area contributed by atoms with Crippen molar-refractivity contribution in [1.29, 1.82) is 5.26 Å². The number of rotatable bonds is 12. The van der Waals surface area contributed by atoms with Gasteiger partial charge in [-0.2, -0.15) is 5.26 Å². The molecule has 2 rings (SSSR count). The summed E-state index contributed by atoms with van der Waals surface area (Å²) in [7, 11) is 3.97. The maximum absolute atomic E-state index is 12.4. The lowest BCUT2D eigenvalue weighted by molar-refractivity contribution is -0.117. The van der Waals surface area contributed by atoms with Crippen LogP contribution >= 0.6 is 11.8 Å². The quantitative estimate of drug-likeness (QED) is 0.306. The summed E-state index contributed by atoms with van der Waals surface area (Å²) in [6.07, 6.45) is -3.04. The number of nitriles is 1. The molecule has 11 heteroatoms. The van der Waals surface area contributed by atoms with Crippen molar-refractivity contribution in [3.8, 4) is 11.8 Å². The monoisotopic (exact) mass is 487 g/mol. The summed E-state index contributed by atoms with van der Waals surface area (Å²) in [6.45, 7) is 3.32. The number of benzene rings is 1. The predicted octanol–water partition coefficient (Wildman–Crippen LogP) is 2.79. The SMILES string of the molecule is CCN1/C(=C(\C#N)C(=O)NCC(F)F)SC(CCNc2ccc(OCCN(C)C)cc2)C1O.[HH].[HH]. The van der Waals surface area contributed by atoms with E-state index in [2.05, 4.69) is 10.6 Å². The van der Waals surface area contributed by atoms with Gasteiger partial charge in [-0.25, -0.2) is 8.78 Å². The van der Waals surface area contributed by atoms with Crippen LogP contribution in [-0.2, 0) is 4.79 Å². The van der Waals surface area contributed by atoms with Gasteiger partial charge < -0.3 is 30.3 Å². The van der Waals surface area contributed by atoms with Crippen molar-refractivity contribution in [2.75, 3.05) is 52.2 Å². The second kappa shape index (κ2) is 13.2. The first-order valence-corrected chi connectivity index (χ1v) is 11.6. The first-order valence-electron chi connectivity index (χ1n) is 10.7. The van der Waals surface area contributed by atoms with Crippen molar-refractivity contribution < 1.29 is 26.3 Å². The normalized spacial score (nSPS) is 19.5. The fourth-order valence-electron chi connectivity index (χ4n) is 3.16. The first-order chi connectivity index (χ1) is 15.8. The van der Waals surface area contributed by atoms with E-state index in [4.69, 9.17) is 4.74 Å². The molecule has 1 aliphatic rings. The number of nitrogens with zero attached hydrogens (tertiary/aromatic N) is 3. The fraction of sp³-hybridized carbons (Fsp3) is 0.545. The molecule has 0 aromatic heterocycles. The molecular formula is C22H35F2N5O3S. The van der Waals surface area contributed by atoms with Crippen molar-refractivity contribution >= 4 is 23.4 Å². The van der Waals surface area contributed by atoms with E-state index in [0.29, 0.717) is 31.1 Å². The summed E-state index contributed by atoms with van der Waals surface area (Å²) in [5.74, 6) is -0.0793. The minimum atomic E-state index is -2.71. The fourth-order valence-corrected chi connectivity index (χ4v) is 4.58. The summed E-state index contributed by atoms with van der Waals surface area (Å²) < 4.78 is 30.5. The van der Waals surface area contributed by atoms with Crippen LogP contribution in [0.15, 0.2) is 34.9 Å². The molecule has 1 aromatic rings. The number of halogens is 2. The van der Waals surface area contributed by atoms with Gasteiger partial charge in [0.2, 0.25) is 0 Å². The number of amides is 1. The van der Waals surface area contributed by atoms with E-state index in [0.717, 1.165) is 18.0 Å². The number of carbonyl (C=O) groups is 1. The van der Waals surface area contributed by atoms with E-state index in [1.165, 1.54) is 11.8 Å². The van der Waals surface area contributed by atoms with Crippen LogP contribution in [0.5, 0.6) is 5.75 Å². The average Bonchev–Trinajstić information content (AvgIpc) is 3.08. The molecule has 8 nitrogen and oxygen atoms in total. The van der Waals surface area contributed by atoms with E-state index in [1.807, 2.05) is 43.3 Å². The number of hydrogen-bond donors (Lipinski definition) is 3. The molecule has 0 radical (unpaired) electrons. The van der Waals surface area contributed by atoms with Gasteiger partial charge in [0.1, 0.15) is 30.2 Å². The highest BCUT2D eigenvalue weighted by molar-refractivity contribution is 8.04. The number of ether oxygens (including phenoxy) is 1. The number of thioether (sulfide) groups is 1. The van der Waals surface area contributed by atoms with Crippen LogP contribution in [0.25, 0.3) is 0 Å². The van der Waals surface area contributed by atoms with Gasteiger partial charge in [0.15, 0.2) is 0 Å². The van der Waals surface area contributed by atoms with E-state index >= 15 is 0 Å². The minimum Gasteiger partial charge on any atom is -0.492 e. The summed E-state index contributed by atoms with van der Waals surface area (Å²) >= 11 is 1.22. The Balaban J connectivity index is 0.00000578. The second-order valence-corrected chi connectivity index (χ2v) is 8.87. The third-order valence-corrected chi connectivity index (χ3v) is 6.35. The van der Waals surface area contributed by atoms with Crippen LogP contribution in [0, 0.1) is 11.3 Å². The third kappa shape index (κ3) is 8.07. The summed E-state index contributed by atoms with van der Waals surface area (Å²) in [4.78, 5) is 15.8. The van der Waals surface area contributed by atoms with Crippen molar-refractivity contribution in [2.45, 2.75) is 31.2 Å². The van der Waals surface area contributed by atoms with Gasteiger partial charge in [-0.1, -0.05) is 11.8 Å². The lowest BCUT2D eigenvalue weighted by Crippen LogP contribution is -2.36. The van der Waals surface area contributed by atoms with Crippen molar-refractivity contribution in [3.63, 3.8) is 0 Å². The Kier molecular flexibility index (Phi) is 10.7. The molecule has 186 valence electrons. The molecule has 2 atom stereocenters. The van der Waals surface area contributed by atoms with Gasteiger partial charge in [-0.15, -0.1) is 0 Å². The molecule has 0 spiro atoms. The molecule has 0 aliphatic carbocycles. The average molecular weight is 488 g/mol. The number of hydrogen-bond acceptors (Lipinski definition) is 8. The van der Waals surface area contributed by atoms with E-state index in [1.54, 1.807) is 17.9 Å². The number of aliphatic hydroxyl groups is 1. The van der Waals surface area contributed by atoms with Gasteiger partial charge in [0, 0.05) is 28.2 Å². The predicted molar refractivity (Wildman–Crippen MR) is 129 cm³/mol. The Hall–Kier alpha value is -2.55. The molecule has 0 bridgehead atoms. The molecule has 2 unspecified atom stereocenters. The molecule has 3 N–H and O–H groups in total. The maximum atomic E-state index is 12.4. The number of nitrogens with one attached hydrogen (secondary N) is 2.